The van der Waals surface area contributed by atoms with Crippen LogP contribution >= 0.6 is 11.8 Å². The zero-order valence-electron chi connectivity index (χ0n) is 12.0. The smallest absolute Gasteiger partial charge is 0.355 e. The second-order valence-corrected chi connectivity index (χ2v) is 5.17. The van der Waals surface area contributed by atoms with Gasteiger partial charge in [-0.25, -0.2) is 9.59 Å². The molecule has 0 saturated heterocycles. The van der Waals surface area contributed by atoms with Gasteiger partial charge in [0.15, 0.2) is 6.61 Å². The van der Waals surface area contributed by atoms with E-state index in [1.54, 1.807) is 12.1 Å². The number of ether oxygens (including phenoxy) is 1. The minimum Gasteiger partial charge on any atom is -0.451 e. The first kappa shape index (κ1) is 16.6. The summed E-state index contributed by atoms with van der Waals surface area (Å²) in [4.78, 5) is 50.6. The van der Waals surface area contributed by atoms with Crippen molar-refractivity contribution in [2.24, 2.45) is 0 Å². The average Bonchev–Trinajstić information content (AvgIpc) is 2.52. The topological polar surface area (TPSA) is 121 Å². The molecule has 3 N–H and O–H groups in total. The number of H-pyrrole nitrogens is 2. The summed E-state index contributed by atoms with van der Waals surface area (Å²) in [7, 11) is 0. The highest BCUT2D eigenvalue weighted by Gasteiger charge is 2.13. The fraction of sp³-hybridized carbons (Fsp3) is 0.143. The molecular weight excluding hydrogens is 322 g/mol. The molecule has 23 heavy (non-hydrogen) atoms. The fourth-order valence-corrected chi connectivity index (χ4v) is 2.28. The summed E-state index contributed by atoms with van der Waals surface area (Å²) < 4.78 is 4.76. The molecule has 120 valence electrons. The maximum Gasteiger partial charge on any atom is 0.355 e. The van der Waals surface area contributed by atoms with Gasteiger partial charge in [-0.05, 0) is 18.4 Å². The van der Waals surface area contributed by atoms with Gasteiger partial charge >= 0.3 is 11.7 Å². The highest BCUT2D eigenvalue weighted by Crippen LogP contribution is 2.24. The van der Waals surface area contributed by atoms with Crippen molar-refractivity contribution in [3.63, 3.8) is 0 Å². The van der Waals surface area contributed by atoms with Crippen LogP contribution in [-0.4, -0.2) is 34.7 Å². The lowest BCUT2D eigenvalue weighted by molar-refractivity contribution is -0.119. The van der Waals surface area contributed by atoms with Crippen molar-refractivity contribution < 1.29 is 14.3 Å². The van der Waals surface area contributed by atoms with Crippen molar-refractivity contribution in [2.75, 3.05) is 18.2 Å². The number of nitrogens with one attached hydrogen (secondary N) is 3. The zero-order chi connectivity index (χ0) is 16.8. The van der Waals surface area contributed by atoms with E-state index in [1.807, 2.05) is 23.4 Å². The highest BCUT2D eigenvalue weighted by atomic mass is 32.2. The lowest BCUT2D eigenvalue weighted by atomic mass is 10.3. The standard InChI is InChI=1S/C14H13N3O5S/c1-23-10-5-3-2-4-8(10)15-12(19)7-22-13(20)9-6-11(18)17-14(21)16-9/h2-6H,7H2,1H3,(H,15,19)(H2,16,17,18,21). The van der Waals surface area contributed by atoms with Crippen molar-refractivity contribution in [1.29, 1.82) is 0 Å². The van der Waals surface area contributed by atoms with E-state index in [9.17, 15) is 19.2 Å². The fourth-order valence-electron chi connectivity index (χ4n) is 1.72. The third-order valence-corrected chi connectivity index (χ3v) is 3.49. The summed E-state index contributed by atoms with van der Waals surface area (Å²) in [6.45, 7) is -0.545. The molecule has 0 fully saturated rings. The summed E-state index contributed by atoms with van der Waals surface area (Å²) >= 11 is 1.46. The minimum atomic E-state index is -0.971. The highest BCUT2D eigenvalue weighted by molar-refractivity contribution is 7.98. The van der Waals surface area contributed by atoms with Crippen LogP contribution in [0.1, 0.15) is 10.5 Å². The van der Waals surface area contributed by atoms with E-state index in [4.69, 9.17) is 4.74 Å². The number of aromatic amines is 2. The number of thioether (sulfide) groups is 1. The molecule has 0 unspecified atom stereocenters. The van der Waals surface area contributed by atoms with Gasteiger partial charge in [0.25, 0.3) is 11.5 Å². The number of hydrogen-bond acceptors (Lipinski definition) is 6. The van der Waals surface area contributed by atoms with Crippen molar-refractivity contribution in [2.45, 2.75) is 4.90 Å². The Morgan fingerprint density at radius 3 is 2.65 bits per heavy atom. The Hall–Kier alpha value is -2.81. The summed E-state index contributed by atoms with van der Waals surface area (Å²) in [6, 6.07) is 8.05. The van der Waals surface area contributed by atoms with Gasteiger partial charge in [0.2, 0.25) is 0 Å². The van der Waals surface area contributed by atoms with Crippen LogP contribution in [0.2, 0.25) is 0 Å². The SMILES string of the molecule is CSc1ccccc1NC(=O)COC(=O)c1cc(=O)[nH]c(=O)[nH]1. The Balaban J connectivity index is 1.97. The molecular formula is C14H13N3O5S. The molecule has 0 spiro atoms. The molecule has 1 amide bonds. The largest absolute Gasteiger partial charge is 0.451 e. The van der Waals surface area contributed by atoms with E-state index in [1.165, 1.54) is 11.8 Å². The van der Waals surface area contributed by atoms with E-state index in [0.717, 1.165) is 11.0 Å². The Bertz CT molecular complexity index is 814. The van der Waals surface area contributed by atoms with E-state index in [2.05, 4.69) is 10.3 Å². The van der Waals surface area contributed by atoms with Gasteiger partial charge in [0, 0.05) is 11.0 Å². The quantitative estimate of drug-likeness (QED) is 0.543. The second-order valence-electron chi connectivity index (χ2n) is 4.33. The first-order valence-corrected chi connectivity index (χ1v) is 7.65. The lowest BCUT2D eigenvalue weighted by Crippen LogP contribution is -2.27. The van der Waals surface area contributed by atoms with Gasteiger partial charge in [-0.1, -0.05) is 12.1 Å². The molecule has 0 atom stereocenters. The van der Waals surface area contributed by atoms with Crippen LogP contribution in [0.4, 0.5) is 5.69 Å². The number of hydrogen-bond donors (Lipinski definition) is 3. The Labute approximate surface area is 134 Å². The van der Waals surface area contributed by atoms with E-state index >= 15 is 0 Å². The third-order valence-electron chi connectivity index (χ3n) is 2.70. The predicted octanol–water partition coefficient (Wildman–Crippen LogP) is 0.581. The molecule has 1 heterocycles. The van der Waals surface area contributed by atoms with Gasteiger partial charge in [-0.2, -0.15) is 0 Å². The molecule has 0 saturated carbocycles. The van der Waals surface area contributed by atoms with Crippen molar-refractivity contribution in [1.82, 2.24) is 9.97 Å². The van der Waals surface area contributed by atoms with Crippen LogP contribution in [0, 0.1) is 0 Å². The molecule has 0 aliphatic rings. The number of amides is 1. The molecule has 2 rings (SSSR count). The Kier molecular flexibility index (Phi) is 5.36. The number of carbonyl (C=O) groups is 2. The lowest BCUT2D eigenvalue weighted by Gasteiger charge is -2.09. The normalized spacial score (nSPS) is 10.1. The number of carbonyl (C=O) groups excluding carboxylic acids is 2. The minimum absolute atomic E-state index is 0.323. The van der Waals surface area contributed by atoms with Gasteiger partial charge in [0.1, 0.15) is 5.69 Å². The average molecular weight is 335 g/mol. The molecule has 1 aromatic carbocycles. The van der Waals surface area contributed by atoms with E-state index in [-0.39, 0.29) is 5.69 Å². The molecule has 0 radical (unpaired) electrons. The van der Waals surface area contributed by atoms with Gasteiger partial charge in [0.05, 0.1) is 5.69 Å². The van der Waals surface area contributed by atoms with Gasteiger partial charge in [-0.15, -0.1) is 11.8 Å². The van der Waals surface area contributed by atoms with E-state index < -0.39 is 29.7 Å². The number of para-hydroxylation sites is 1. The maximum atomic E-state index is 11.8. The first-order chi connectivity index (χ1) is 11.0. The van der Waals surface area contributed by atoms with Crippen LogP contribution in [0.3, 0.4) is 0 Å². The summed E-state index contributed by atoms with van der Waals surface area (Å²) in [5, 5.41) is 2.61. The van der Waals surface area contributed by atoms with Gasteiger partial charge < -0.3 is 15.0 Å². The number of rotatable bonds is 5. The summed E-state index contributed by atoms with van der Waals surface area (Å²) in [5.41, 5.74) is -1.29. The molecule has 9 heteroatoms. The Morgan fingerprint density at radius 1 is 1.22 bits per heavy atom. The molecule has 0 aliphatic carbocycles. The number of aromatic nitrogens is 2. The van der Waals surface area contributed by atoms with Crippen LogP contribution in [0.5, 0.6) is 0 Å². The first-order valence-electron chi connectivity index (χ1n) is 6.43. The van der Waals surface area contributed by atoms with Crippen molar-refractivity contribution in [3.8, 4) is 0 Å². The van der Waals surface area contributed by atoms with Crippen LogP contribution in [0.15, 0.2) is 44.8 Å². The Morgan fingerprint density at radius 2 is 1.96 bits per heavy atom. The summed E-state index contributed by atoms with van der Waals surface area (Å²) in [5.74, 6) is -1.51. The van der Waals surface area contributed by atoms with E-state index in [0.29, 0.717) is 5.69 Å². The molecule has 0 aliphatic heterocycles. The molecule has 8 nitrogen and oxygen atoms in total. The number of esters is 1. The van der Waals surface area contributed by atoms with Crippen molar-refractivity contribution in [3.05, 3.63) is 56.9 Å². The van der Waals surface area contributed by atoms with Crippen LogP contribution in [-0.2, 0) is 9.53 Å². The second kappa shape index (κ2) is 7.45. The summed E-state index contributed by atoms with van der Waals surface area (Å²) in [6.07, 6.45) is 1.87. The van der Waals surface area contributed by atoms with Gasteiger partial charge in [-0.3, -0.25) is 14.6 Å². The van der Waals surface area contributed by atoms with Crippen LogP contribution in [0.25, 0.3) is 0 Å². The molecule has 1 aromatic heterocycles. The number of benzene rings is 1. The van der Waals surface area contributed by atoms with Crippen LogP contribution < -0.4 is 16.6 Å². The third kappa shape index (κ3) is 4.58. The molecule has 2 aromatic rings. The maximum absolute atomic E-state index is 11.8. The zero-order valence-corrected chi connectivity index (χ0v) is 12.9. The monoisotopic (exact) mass is 335 g/mol. The predicted molar refractivity (Wildman–Crippen MR) is 84.8 cm³/mol. The van der Waals surface area contributed by atoms with Crippen molar-refractivity contribution >= 4 is 29.3 Å². The molecule has 0 bridgehead atoms. The number of anilines is 1.